The average Bonchev–Trinajstić information content (AvgIpc) is 2.53. The highest BCUT2D eigenvalue weighted by Crippen LogP contribution is 2.14. The maximum absolute atomic E-state index is 5.82. The lowest BCUT2D eigenvalue weighted by Gasteiger charge is -2.21. The van der Waals surface area contributed by atoms with Crippen LogP contribution in [0, 0.1) is 5.92 Å². The zero-order chi connectivity index (χ0) is 14.8. The third-order valence-electron chi connectivity index (χ3n) is 3.47. The van der Waals surface area contributed by atoms with Crippen LogP contribution in [-0.4, -0.2) is 38.9 Å². The van der Waals surface area contributed by atoms with Crippen molar-refractivity contribution in [3.8, 4) is 0 Å². The number of nitrogens with zero attached hydrogens (tertiary/aromatic N) is 1. The van der Waals surface area contributed by atoms with Crippen molar-refractivity contribution < 1.29 is 9.47 Å². The second-order valence-electron chi connectivity index (χ2n) is 5.24. The van der Waals surface area contributed by atoms with Crippen molar-refractivity contribution in [3.05, 3.63) is 30.3 Å². The number of aliphatic imine (C=N–C) groups is 1. The Bertz CT molecular complexity index is 417. The van der Waals surface area contributed by atoms with E-state index in [-0.39, 0.29) is 0 Å². The first-order valence-electron chi connectivity index (χ1n) is 7.62. The molecule has 1 aromatic carbocycles. The van der Waals surface area contributed by atoms with Crippen LogP contribution in [0.5, 0.6) is 0 Å². The van der Waals surface area contributed by atoms with Gasteiger partial charge in [0.1, 0.15) is 0 Å². The minimum atomic E-state index is 0.450. The highest BCUT2D eigenvalue weighted by atomic mass is 16.5. The van der Waals surface area contributed by atoms with E-state index in [1.165, 1.54) is 0 Å². The highest BCUT2D eigenvalue weighted by molar-refractivity contribution is 5.92. The number of hydrogen-bond donors (Lipinski definition) is 2. The summed E-state index contributed by atoms with van der Waals surface area (Å²) >= 11 is 0. The van der Waals surface area contributed by atoms with Crippen LogP contribution >= 0.6 is 0 Å². The molecule has 0 aromatic heterocycles. The van der Waals surface area contributed by atoms with Gasteiger partial charge in [-0.05, 0) is 37.3 Å². The lowest BCUT2D eigenvalue weighted by Crippen LogP contribution is -2.23. The summed E-state index contributed by atoms with van der Waals surface area (Å²) in [5, 5.41) is 3.06. The van der Waals surface area contributed by atoms with E-state index in [2.05, 4.69) is 10.3 Å². The third-order valence-corrected chi connectivity index (χ3v) is 3.47. The quantitative estimate of drug-likeness (QED) is 0.459. The van der Waals surface area contributed by atoms with Gasteiger partial charge in [0, 0.05) is 38.7 Å². The number of benzene rings is 1. The van der Waals surface area contributed by atoms with E-state index in [0.29, 0.717) is 18.4 Å². The Morgan fingerprint density at radius 1 is 1.29 bits per heavy atom. The molecular formula is C16H25N3O2. The fourth-order valence-electron chi connectivity index (χ4n) is 2.24. The summed E-state index contributed by atoms with van der Waals surface area (Å²) in [7, 11) is 0. The highest BCUT2D eigenvalue weighted by Gasteiger charge is 2.13. The van der Waals surface area contributed by atoms with Gasteiger partial charge in [-0.1, -0.05) is 18.2 Å². The van der Waals surface area contributed by atoms with Crippen molar-refractivity contribution in [2.75, 3.05) is 38.3 Å². The first kappa shape index (κ1) is 15.8. The molecule has 2 rings (SSSR count). The lowest BCUT2D eigenvalue weighted by molar-refractivity contribution is 0.0205. The number of hydrogen-bond acceptors (Lipinski definition) is 3. The minimum absolute atomic E-state index is 0.450. The molecule has 0 bridgehead atoms. The van der Waals surface area contributed by atoms with E-state index < -0.39 is 0 Å². The predicted molar refractivity (Wildman–Crippen MR) is 85.5 cm³/mol. The van der Waals surface area contributed by atoms with Crippen LogP contribution in [-0.2, 0) is 9.47 Å². The van der Waals surface area contributed by atoms with E-state index in [1.807, 2.05) is 30.3 Å². The van der Waals surface area contributed by atoms with Gasteiger partial charge in [-0.3, -0.25) is 4.99 Å². The molecule has 21 heavy (non-hydrogen) atoms. The summed E-state index contributed by atoms with van der Waals surface area (Å²) in [6.07, 6.45) is 3.12. The molecular weight excluding hydrogens is 266 g/mol. The van der Waals surface area contributed by atoms with Gasteiger partial charge < -0.3 is 20.5 Å². The second-order valence-corrected chi connectivity index (χ2v) is 5.24. The maximum Gasteiger partial charge on any atom is 0.193 e. The fraction of sp³-hybridized carbons (Fsp3) is 0.562. The van der Waals surface area contributed by atoms with E-state index in [0.717, 1.165) is 51.4 Å². The van der Waals surface area contributed by atoms with Crippen molar-refractivity contribution in [2.45, 2.75) is 19.3 Å². The first-order valence-corrected chi connectivity index (χ1v) is 7.62. The normalized spacial score (nSPS) is 16.9. The number of anilines is 1. The molecule has 1 aliphatic heterocycles. The summed E-state index contributed by atoms with van der Waals surface area (Å²) in [5.74, 6) is 1.11. The Labute approximate surface area is 126 Å². The Hall–Kier alpha value is -1.59. The van der Waals surface area contributed by atoms with Gasteiger partial charge in [0.25, 0.3) is 0 Å². The molecule has 0 atom stereocenters. The van der Waals surface area contributed by atoms with Gasteiger partial charge in [-0.25, -0.2) is 0 Å². The second kappa shape index (κ2) is 9.37. The monoisotopic (exact) mass is 291 g/mol. The minimum Gasteiger partial charge on any atom is -0.381 e. The van der Waals surface area contributed by atoms with Gasteiger partial charge in [-0.2, -0.15) is 0 Å². The summed E-state index contributed by atoms with van der Waals surface area (Å²) in [6.45, 7) is 4.00. The molecule has 1 aromatic rings. The fourth-order valence-corrected chi connectivity index (χ4v) is 2.24. The number of rotatable bonds is 7. The van der Waals surface area contributed by atoms with E-state index in [1.54, 1.807) is 0 Å². The van der Waals surface area contributed by atoms with Crippen LogP contribution < -0.4 is 11.1 Å². The summed E-state index contributed by atoms with van der Waals surface area (Å²) in [5.41, 5.74) is 6.77. The zero-order valence-corrected chi connectivity index (χ0v) is 12.5. The number of nitrogens with two attached hydrogens (primary N) is 1. The third kappa shape index (κ3) is 6.60. The number of para-hydroxylation sites is 1. The number of ether oxygens (including phenoxy) is 2. The molecule has 0 spiro atoms. The molecule has 1 fully saturated rings. The number of guanidine groups is 1. The Balaban J connectivity index is 1.53. The van der Waals surface area contributed by atoms with E-state index in [9.17, 15) is 0 Å². The molecule has 1 saturated heterocycles. The van der Waals surface area contributed by atoms with Crippen molar-refractivity contribution in [1.82, 2.24) is 0 Å². The summed E-state index contributed by atoms with van der Waals surface area (Å²) in [4.78, 5) is 4.29. The molecule has 0 radical (unpaired) electrons. The van der Waals surface area contributed by atoms with Gasteiger partial charge in [0.05, 0.1) is 0 Å². The topological polar surface area (TPSA) is 68.9 Å². The molecule has 0 unspecified atom stereocenters. The van der Waals surface area contributed by atoms with Crippen LogP contribution in [0.3, 0.4) is 0 Å². The molecule has 0 amide bonds. The van der Waals surface area contributed by atoms with Crippen molar-refractivity contribution in [3.63, 3.8) is 0 Å². The molecule has 3 N–H and O–H groups in total. The van der Waals surface area contributed by atoms with Crippen molar-refractivity contribution in [2.24, 2.45) is 16.6 Å². The Morgan fingerprint density at radius 3 is 2.81 bits per heavy atom. The largest absolute Gasteiger partial charge is 0.381 e. The summed E-state index contributed by atoms with van der Waals surface area (Å²) in [6, 6.07) is 9.80. The molecule has 116 valence electrons. The number of nitrogens with one attached hydrogen (secondary N) is 1. The molecule has 5 nitrogen and oxygen atoms in total. The molecule has 5 heteroatoms. The van der Waals surface area contributed by atoms with Gasteiger partial charge in [0.15, 0.2) is 5.96 Å². The SMILES string of the molecule is NC(=NCCCOCC1CCOCC1)Nc1ccccc1. The first-order chi connectivity index (χ1) is 10.3. The van der Waals surface area contributed by atoms with Crippen molar-refractivity contribution >= 4 is 11.6 Å². The van der Waals surface area contributed by atoms with Gasteiger partial charge in [0.2, 0.25) is 0 Å². The van der Waals surface area contributed by atoms with Crippen molar-refractivity contribution in [1.29, 1.82) is 0 Å². The maximum atomic E-state index is 5.82. The molecule has 0 aliphatic carbocycles. The lowest BCUT2D eigenvalue weighted by atomic mass is 10.0. The Kier molecular flexibility index (Phi) is 7.04. The summed E-state index contributed by atoms with van der Waals surface area (Å²) < 4.78 is 11.0. The molecule has 1 heterocycles. The standard InChI is InChI=1S/C16H25N3O2/c17-16(19-15-5-2-1-3-6-15)18-9-4-10-21-13-14-7-11-20-12-8-14/h1-3,5-6,14H,4,7-13H2,(H3,17,18,19). The van der Waals surface area contributed by atoms with Crippen LogP contribution in [0.25, 0.3) is 0 Å². The molecule has 1 aliphatic rings. The van der Waals surface area contributed by atoms with Crippen LogP contribution in [0.4, 0.5) is 5.69 Å². The zero-order valence-electron chi connectivity index (χ0n) is 12.5. The van der Waals surface area contributed by atoms with Crippen LogP contribution in [0.2, 0.25) is 0 Å². The Morgan fingerprint density at radius 2 is 2.05 bits per heavy atom. The van der Waals surface area contributed by atoms with Crippen LogP contribution in [0.15, 0.2) is 35.3 Å². The predicted octanol–water partition coefficient (Wildman–Crippen LogP) is 2.25. The van der Waals surface area contributed by atoms with Gasteiger partial charge in [-0.15, -0.1) is 0 Å². The van der Waals surface area contributed by atoms with Gasteiger partial charge >= 0.3 is 0 Å². The molecule has 0 saturated carbocycles. The van der Waals surface area contributed by atoms with E-state index in [4.69, 9.17) is 15.2 Å². The van der Waals surface area contributed by atoms with E-state index >= 15 is 0 Å². The smallest absolute Gasteiger partial charge is 0.193 e. The average molecular weight is 291 g/mol. The van der Waals surface area contributed by atoms with Crippen LogP contribution in [0.1, 0.15) is 19.3 Å².